The van der Waals surface area contributed by atoms with E-state index in [-0.39, 0.29) is 17.7 Å². The van der Waals surface area contributed by atoms with Crippen molar-refractivity contribution in [1.29, 1.82) is 0 Å². The first kappa shape index (κ1) is 15.0. The molecular formula is C14H25NO3. The highest BCUT2D eigenvalue weighted by atomic mass is 16.4. The zero-order valence-electron chi connectivity index (χ0n) is 11.5. The molecule has 0 saturated heterocycles. The zero-order chi connectivity index (χ0) is 13.5. The Morgan fingerprint density at radius 1 is 1.11 bits per heavy atom. The smallest absolute Gasteiger partial charge is 0.306 e. The van der Waals surface area contributed by atoms with Crippen LogP contribution in [0, 0.1) is 11.8 Å². The fraction of sp³-hybridized carbons (Fsp3) is 0.857. The second-order valence-electron chi connectivity index (χ2n) is 5.22. The Bertz CT molecular complexity index is 285. The zero-order valence-corrected chi connectivity index (χ0v) is 11.5. The molecule has 18 heavy (non-hydrogen) atoms. The van der Waals surface area contributed by atoms with E-state index in [9.17, 15) is 9.59 Å². The van der Waals surface area contributed by atoms with E-state index in [2.05, 4.69) is 13.8 Å². The fourth-order valence-corrected chi connectivity index (χ4v) is 2.77. The Labute approximate surface area is 109 Å². The van der Waals surface area contributed by atoms with Crippen LogP contribution >= 0.6 is 0 Å². The summed E-state index contributed by atoms with van der Waals surface area (Å²) in [6.45, 7) is 5.72. The quantitative estimate of drug-likeness (QED) is 0.793. The molecule has 0 radical (unpaired) electrons. The maximum atomic E-state index is 12.4. The Morgan fingerprint density at radius 3 is 2.17 bits per heavy atom. The molecule has 1 aliphatic carbocycles. The van der Waals surface area contributed by atoms with Gasteiger partial charge in [0.1, 0.15) is 0 Å². The van der Waals surface area contributed by atoms with Gasteiger partial charge >= 0.3 is 5.97 Å². The Kier molecular flexibility index (Phi) is 6.16. The van der Waals surface area contributed by atoms with Gasteiger partial charge < -0.3 is 10.0 Å². The van der Waals surface area contributed by atoms with Crippen molar-refractivity contribution >= 4 is 11.9 Å². The molecule has 104 valence electrons. The summed E-state index contributed by atoms with van der Waals surface area (Å²) < 4.78 is 0. The van der Waals surface area contributed by atoms with Crippen molar-refractivity contribution in [3.63, 3.8) is 0 Å². The first-order valence-corrected chi connectivity index (χ1v) is 7.11. The van der Waals surface area contributed by atoms with Crippen molar-refractivity contribution in [2.24, 2.45) is 11.8 Å². The Hall–Kier alpha value is -1.06. The summed E-state index contributed by atoms with van der Waals surface area (Å²) in [5.41, 5.74) is 0. The third kappa shape index (κ3) is 4.00. The number of aliphatic carboxylic acids is 1. The third-order valence-corrected chi connectivity index (χ3v) is 3.67. The molecule has 0 aliphatic heterocycles. The van der Waals surface area contributed by atoms with E-state index >= 15 is 0 Å². The maximum Gasteiger partial charge on any atom is 0.306 e. The molecule has 4 nitrogen and oxygen atoms in total. The van der Waals surface area contributed by atoms with E-state index in [0.29, 0.717) is 6.42 Å². The number of nitrogens with zero attached hydrogens (tertiary/aromatic N) is 1. The summed E-state index contributed by atoms with van der Waals surface area (Å²) in [5, 5.41) is 9.06. The first-order valence-electron chi connectivity index (χ1n) is 7.11. The van der Waals surface area contributed by atoms with E-state index in [1.807, 2.05) is 4.90 Å². The fourth-order valence-electron chi connectivity index (χ4n) is 2.77. The maximum absolute atomic E-state index is 12.4. The van der Waals surface area contributed by atoms with Gasteiger partial charge in [-0.05, 0) is 32.1 Å². The van der Waals surface area contributed by atoms with E-state index < -0.39 is 5.97 Å². The number of rotatable bonds is 6. The Balaban J connectivity index is 2.60. The highest BCUT2D eigenvalue weighted by Gasteiger charge is 2.32. The summed E-state index contributed by atoms with van der Waals surface area (Å²) in [6.07, 6.45) is 4.88. The van der Waals surface area contributed by atoms with Crippen LogP contribution in [0.25, 0.3) is 0 Å². The Morgan fingerprint density at radius 2 is 1.67 bits per heavy atom. The average molecular weight is 255 g/mol. The van der Waals surface area contributed by atoms with Gasteiger partial charge in [0.15, 0.2) is 0 Å². The number of carboxylic acid groups (broad SMARTS) is 1. The van der Waals surface area contributed by atoms with E-state index in [0.717, 1.165) is 45.2 Å². The highest BCUT2D eigenvalue weighted by Crippen LogP contribution is 2.30. The monoisotopic (exact) mass is 255 g/mol. The molecule has 1 fully saturated rings. The molecule has 2 atom stereocenters. The summed E-state index contributed by atoms with van der Waals surface area (Å²) in [7, 11) is 0. The van der Waals surface area contributed by atoms with Crippen LogP contribution in [0.2, 0.25) is 0 Å². The largest absolute Gasteiger partial charge is 0.481 e. The van der Waals surface area contributed by atoms with E-state index in [1.54, 1.807) is 0 Å². The van der Waals surface area contributed by atoms with Crippen LogP contribution < -0.4 is 0 Å². The molecule has 4 heteroatoms. The van der Waals surface area contributed by atoms with Crippen LogP contribution in [0.3, 0.4) is 0 Å². The standard InChI is InChI=1S/C14H25NO3/c1-3-8-15(9-4-2)13(16)11-6-5-7-12(10-11)14(17)18/h11-12H,3-10H2,1-2H3,(H,17,18). The molecule has 0 bridgehead atoms. The normalized spacial score (nSPS) is 23.7. The summed E-state index contributed by atoms with van der Waals surface area (Å²) in [5.74, 6) is -0.967. The second kappa shape index (κ2) is 7.39. The van der Waals surface area contributed by atoms with E-state index in [1.165, 1.54) is 0 Å². The van der Waals surface area contributed by atoms with Crippen molar-refractivity contribution in [1.82, 2.24) is 4.90 Å². The number of carbonyl (C=O) groups is 2. The summed E-state index contributed by atoms with van der Waals surface area (Å²) >= 11 is 0. The van der Waals surface area contributed by atoms with Crippen molar-refractivity contribution in [3.8, 4) is 0 Å². The lowest BCUT2D eigenvalue weighted by atomic mass is 9.80. The van der Waals surface area contributed by atoms with Gasteiger partial charge in [-0.1, -0.05) is 20.3 Å². The molecule has 0 aromatic heterocycles. The minimum absolute atomic E-state index is 0.0713. The number of carboxylic acids is 1. The molecule has 1 rings (SSSR count). The lowest BCUT2D eigenvalue weighted by Gasteiger charge is -2.31. The van der Waals surface area contributed by atoms with Gasteiger partial charge in [0, 0.05) is 19.0 Å². The number of hydrogen-bond donors (Lipinski definition) is 1. The number of carbonyl (C=O) groups excluding carboxylic acids is 1. The van der Waals surface area contributed by atoms with Crippen LogP contribution in [-0.4, -0.2) is 35.0 Å². The minimum Gasteiger partial charge on any atom is -0.481 e. The third-order valence-electron chi connectivity index (χ3n) is 3.67. The molecule has 1 N–H and O–H groups in total. The molecule has 1 amide bonds. The molecule has 1 saturated carbocycles. The van der Waals surface area contributed by atoms with E-state index in [4.69, 9.17) is 5.11 Å². The molecule has 0 aromatic carbocycles. The average Bonchev–Trinajstić information content (AvgIpc) is 2.38. The first-order chi connectivity index (χ1) is 8.60. The topological polar surface area (TPSA) is 57.6 Å². The van der Waals surface area contributed by atoms with Crippen molar-refractivity contribution in [2.75, 3.05) is 13.1 Å². The van der Waals surface area contributed by atoms with Crippen LogP contribution in [-0.2, 0) is 9.59 Å². The lowest BCUT2D eigenvalue weighted by Crippen LogP contribution is -2.40. The summed E-state index contributed by atoms with van der Waals surface area (Å²) in [6, 6.07) is 0. The van der Waals surface area contributed by atoms with Gasteiger partial charge in [0.05, 0.1) is 5.92 Å². The van der Waals surface area contributed by atoms with Gasteiger partial charge in [0.25, 0.3) is 0 Å². The van der Waals surface area contributed by atoms with Crippen LogP contribution in [0.15, 0.2) is 0 Å². The van der Waals surface area contributed by atoms with Gasteiger partial charge in [-0.3, -0.25) is 9.59 Å². The van der Waals surface area contributed by atoms with Crippen molar-refractivity contribution in [3.05, 3.63) is 0 Å². The SMILES string of the molecule is CCCN(CCC)C(=O)C1CCCC(C(=O)O)C1. The van der Waals surface area contributed by atoms with Gasteiger partial charge in [-0.25, -0.2) is 0 Å². The highest BCUT2D eigenvalue weighted by molar-refractivity contribution is 5.80. The minimum atomic E-state index is -0.745. The molecule has 0 spiro atoms. The molecule has 0 aromatic rings. The molecular weight excluding hydrogens is 230 g/mol. The molecule has 1 aliphatic rings. The van der Waals surface area contributed by atoms with Gasteiger partial charge in [-0.2, -0.15) is 0 Å². The van der Waals surface area contributed by atoms with Crippen molar-refractivity contribution in [2.45, 2.75) is 52.4 Å². The van der Waals surface area contributed by atoms with Crippen LogP contribution in [0.1, 0.15) is 52.4 Å². The molecule has 0 heterocycles. The van der Waals surface area contributed by atoms with Crippen LogP contribution in [0.4, 0.5) is 0 Å². The van der Waals surface area contributed by atoms with Crippen LogP contribution in [0.5, 0.6) is 0 Å². The number of amides is 1. The van der Waals surface area contributed by atoms with Gasteiger partial charge in [-0.15, -0.1) is 0 Å². The lowest BCUT2D eigenvalue weighted by molar-refractivity contribution is -0.145. The number of hydrogen-bond acceptors (Lipinski definition) is 2. The second-order valence-corrected chi connectivity index (χ2v) is 5.22. The predicted molar refractivity (Wildman–Crippen MR) is 70.2 cm³/mol. The van der Waals surface area contributed by atoms with Gasteiger partial charge in [0.2, 0.25) is 5.91 Å². The van der Waals surface area contributed by atoms with Crippen molar-refractivity contribution < 1.29 is 14.7 Å². The summed E-state index contributed by atoms with van der Waals surface area (Å²) in [4.78, 5) is 25.3. The predicted octanol–water partition coefficient (Wildman–Crippen LogP) is 2.53. The molecule has 2 unspecified atom stereocenters.